The van der Waals surface area contributed by atoms with Crippen LogP contribution in [0.3, 0.4) is 0 Å². The van der Waals surface area contributed by atoms with Crippen LogP contribution in [-0.4, -0.2) is 28.8 Å². The van der Waals surface area contributed by atoms with Crippen LogP contribution in [0.25, 0.3) is 22.4 Å². The van der Waals surface area contributed by atoms with Crippen molar-refractivity contribution in [1.29, 1.82) is 0 Å². The summed E-state index contributed by atoms with van der Waals surface area (Å²) in [6, 6.07) is 8.51. The van der Waals surface area contributed by atoms with Crippen molar-refractivity contribution in [1.82, 2.24) is 15.2 Å². The van der Waals surface area contributed by atoms with Gasteiger partial charge in [-0.3, -0.25) is 10.1 Å². The first-order valence-corrected chi connectivity index (χ1v) is 7.71. The fraction of sp³-hybridized carbons (Fsp3) is 0.222. The monoisotopic (exact) mass is 306 g/mol. The molecule has 0 aliphatic carbocycles. The number of nitrogens with zero attached hydrogens (tertiary/aromatic N) is 3. The van der Waals surface area contributed by atoms with Gasteiger partial charge in [-0.05, 0) is 24.6 Å². The molecule has 0 amide bonds. The number of hydrogen-bond acceptors (Lipinski definition) is 4. The number of rotatable bonds is 3. The number of ether oxygens (including phenoxy) is 1. The Labute approximate surface area is 134 Å². The van der Waals surface area contributed by atoms with E-state index in [2.05, 4.69) is 45.2 Å². The molecule has 0 spiro atoms. The van der Waals surface area contributed by atoms with E-state index in [1.54, 1.807) is 13.3 Å². The van der Waals surface area contributed by atoms with Crippen LogP contribution in [0.5, 0.6) is 5.75 Å². The Balaban J connectivity index is 1.84. The Morgan fingerprint density at radius 3 is 2.91 bits per heavy atom. The smallest absolute Gasteiger partial charge is 0.137 e. The molecule has 116 valence electrons. The van der Waals surface area contributed by atoms with Crippen LogP contribution in [0.2, 0.25) is 0 Å². The first-order valence-electron chi connectivity index (χ1n) is 7.71. The minimum Gasteiger partial charge on any atom is -0.495 e. The summed E-state index contributed by atoms with van der Waals surface area (Å²) < 4.78 is 5.28. The Hall–Kier alpha value is -2.82. The molecule has 0 unspecified atom stereocenters. The number of benzene rings is 1. The highest BCUT2D eigenvalue weighted by Gasteiger charge is 2.23. The van der Waals surface area contributed by atoms with Crippen LogP contribution in [-0.2, 0) is 6.54 Å². The third-order valence-electron chi connectivity index (χ3n) is 4.35. The van der Waals surface area contributed by atoms with E-state index in [-0.39, 0.29) is 0 Å². The van der Waals surface area contributed by atoms with E-state index >= 15 is 0 Å². The maximum absolute atomic E-state index is 5.28. The Bertz CT molecular complexity index is 856. The van der Waals surface area contributed by atoms with Crippen molar-refractivity contribution in [2.45, 2.75) is 13.5 Å². The largest absolute Gasteiger partial charge is 0.495 e. The molecule has 1 aliphatic heterocycles. The molecule has 0 atom stereocenters. The summed E-state index contributed by atoms with van der Waals surface area (Å²) in [5.41, 5.74) is 6.99. The average molecular weight is 306 g/mol. The fourth-order valence-electron chi connectivity index (χ4n) is 3.11. The molecule has 0 saturated carbocycles. The summed E-state index contributed by atoms with van der Waals surface area (Å²) in [4.78, 5) is 6.62. The van der Waals surface area contributed by atoms with Gasteiger partial charge in [-0.2, -0.15) is 5.10 Å². The highest BCUT2D eigenvalue weighted by atomic mass is 16.5. The number of methoxy groups -OCH3 is 1. The predicted molar refractivity (Wildman–Crippen MR) is 90.5 cm³/mol. The molecule has 5 nitrogen and oxygen atoms in total. The lowest BCUT2D eigenvalue weighted by atomic mass is 9.96. The highest BCUT2D eigenvalue weighted by Crippen LogP contribution is 2.40. The van der Waals surface area contributed by atoms with Crippen molar-refractivity contribution in [3.63, 3.8) is 0 Å². The zero-order chi connectivity index (χ0) is 15.8. The van der Waals surface area contributed by atoms with Crippen molar-refractivity contribution in [3.05, 3.63) is 48.4 Å². The molecule has 5 heteroatoms. The Kier molecular flexibility index (Phi) is 3.26. The van der Waals surface area contributed by atoms with Crippen molar-refractivity contribution in [3.8, 4) is 28.1 Å². The molecule has 23 heavy (non-hydrogen) atoms. The van der Waals surface area contributed by atoms with E-state index in [1.165, 1.54) is 16.8 Å². The van der Waals surface area contributed by atoms with Gasteiger partial charge in [0.25, 0.3) is 0 Å². The average Bonchev–Trinajstić information content (AvgIpc) is 3.09. The number of hydrogen-bond donors (Lipinski definition) is 1. The van der Waals surface area contributed by atoms with E-state index in [0.29, 0.717) is 0 Å². The third-order valence-corrected chi connectivity index (χ3v) is 4.35. The van der Waals surface area contributed by atoms with Gasteiger partial charge >= 0.3 is 0 Å². The third kappa shape index (κ3) is 2.25. The van der Waals surface area contributed by atoms with Crippen molar-refractivity contribution in [2.24, 2.45) is 0 Å². The minimum absolute atomic E-state index is 0.767. The first kappa shape index (κ1) is 13.8. The van der Waals surface area contributed by atoms with Crippen LogP contribution in [0.1, 0.15) is 12.5 Å². The van der Waals surface area contributed by atoms with Crippen LogP contribution >= 0.6 is 0 Å². The number of anilines is 1. The molecule has 1 aromatic carbocycles. The van der Waals surface area contributed by atoms with E-state index < -0.39 is 0 Å². The summed E-state index contributed by atoms with van der Waals surface area (Å²) in [6.45, 7) is 4.02. The van der Waals surface area contributed by atoms with E-state index in [1.807, 2.05) is 18.5 Å². The van der Waals surface area contributed by atoms with Crippen LogP contribution in [0.15, 0.2) is 42.9 Å². The lowest BCUT2D eigenvalue weighted by molar-refractivity contribution is 0.413. The summed E-state index contributed by atoms with van der Waals surface area (Å²) in [7, 11) is 1.66. The molecule has 0 saturated heterocycles. The first-order chi connectivity index (χ1) is 11.3. The highest BCUT2D eigenvalue weighted by molar-refractivity contribution is 5.85. The zero-order valence-electron chi connectivity index (χ0n) is 13.2. The summed E-state index contributed by atoms with van der Waals surface area (Å²) in [6.07, 6.45) is 5.50. The van der Waals surface area contributed by atoms with Gasteiger partial charge < -0.3 is 9.64 Å². The van der Waals surface area contributed by atoms with Crippen LogP contribution in [0, 0.1) is 0 Å². The second-order valence-corrected chi connectivity index (χ2v) is 5.63. The molecule has 2 aromatic heterocycles. The topological polar surface area (TPSA) is 54.0 Å². The Morgan fingerprint density at radius 2 is 2.09 bits per heavy atom. The second-order valence-electron chi connectivity index (χ2n) is 5.63. The zero-order valence-corrected chi connectivity index (χ0v) is 13.2. The molecule has 3 aromatic rings. The molecular formula is C18H18N4O. The van der Waals surface area contributed by atoms with Gasteiger partial charge in [-0.25, -0.2) is 0 Å². The maximum Gasteiger partial charge on any atom is 0.137 e. The molecular weight excluding hydrogens is 288 g/mol. The number of aromatic amines is 1. The normalized spacial score (nSPS) is 12.7. The number of aromatic nitrogens is 3. The van der Waals surface area contributed by atoms with Gasteiger partial charge in [0.2, 0.25) is 0 Å². The van der Waals surface area contributed by atoms with Gasteiger partial charge in [0, 0.05) is 41.7 Å². The second kappa shape index (κ2) is 5.43. The summed E-state index contributed by atoms with van der Waals surface area (Å²) in [5, 5.41) is 7.32. The molecule has 0 fully saturated rings. The van der Waals surface area contributed by atoms with Gasteiger partial charge in [0.15, 0.2) is 0 Å². The van der Waals surface area contributed by atoms with Crippen molar-refractivity contribution < 1.29 is 4.74 Å². The summed E-state index contributed by atoms with van der Waals surface area (Å²) in [5.74, 6) is 0.767. The lowest BCUT2D eigenvalue weighted by Crippen LogP contribution is -2.25. The minimum atomic E-state index is 0.767. The fourth-order valence-corrected chi connectivity index (χ4v) is 3.11. The molecule has 1 N–H and O–H groups in total. The Morgan fingerprint density at radius 1 is 1.17 bits per heavy atom. The van der Waals surface area contributed by atoms with E-state index in [0.717, 1.165) is 35.7 Å². The molecule has 0 bridgehead atoms. The van der Waals surface area contributed by atoms with Crippen molar-refractivity contribution in [2.75, 3.05) is 18.6 Å². The van der Waals surface area contributed by atoms with E-state index in [4.69, 9.17) is 4.74 Å². The summed E-state index contributed by atoms with van der Waals surface area (Å²) >= 11 is 0. The molecule has 4 rings (SSSR count). The van der Waals surface area contributed by atoms with Gasteiger partial charge in [0.05, 0.1) is 25.2 Å². The number of pyridine rings is 1. The quantitative estimate of drug-likeness (QED) is 0.805. The SMILES string of the molecule is CCN1Cc2cn[nH]c2-c2ccc(-c3cncc(OC)c3)cc21. The van der Waals surface area contributed by atoms with Crippen LogP contribution < -0.4 is 9.64 Å². The molecule has 3 heterocycles. The maximum atomic E-state index is 5.28. The van der Waals surface area contributed by atoms with Gasteiger partial charge in [-0.15, -0.1) is 0 Å². The predicted octanol–water partition coefficient (Wildman–Crippen LogP) is 3.49. The lowest BCUT2D eigenvalue weighted by Gasteiger charge is -2.30. The molecule has 1 aliphatic rings. The number of fused-ring (bicyclic) bond motifs is 3. The van der Waals surface area contributed by atoms with Crippen LogP contribution in [0.4, 0.5) is 5.69 Å². The number of nitrogens with one attached hydrogen (secondary N) is 1. The number of H-pyrrole nitrogens is 1. The van der Waals surface area contributed by atoms with Crippen molar-refractivity contribution >= 4 is 5.69 Å². The van der Waals surface area contributed by atoms with Gasteiger partial charge in [0.1, 0.15) is 5.75 Å². The van der Waals surface area contributed by atoms with E-state index in [9.17, 15) is 0 Å². The molecule has 0 radical (unpaired) electrons. The standard InChI is InChI=1S/C18H18N4O/c1-3-22-11-14-9-20-21-18(14)16-5-4-12(7-17(16)22)13-6-15(23-2)10-19-8-13/h4-10H,3,11H2,1-2H3,(H,20,21). The van der Waals surface area contributed by atoms with Gasteiger partial charge in [-0.1, -0.05) is 12.1 Å².